The SMILES string of the molecule is COC(=O)c1ccc(C=CCC(=O)O)c(F)c1. The third kappa shape index (κ3) is 3.71. The maximum absolute atomic E-state index is 13.5. The molecule has 0 radical (unpaired) electrons. The summed E-state index contributed by atoms with van der Waals surface area (Å²) in [6.45, 7) is 0. The van der Waals surface area contributed by atoms with E-state index in [4.69, 9.17) is 5.11 Å². The van der Waals surface area contributed by atoms with Crippen LogP contribution in [0.1, 0.15) is 22.3 Å². The van der Waals surface area contributed by atoms with E-state index in [0.717, 1.165) is 6.07 Å². The van der Waals surface area contributed by atoms with Gasteiger partial charge in [-0.3, -0.25) is 4.79 Å². The van der Waals surface area contributed by atoms with Gasteiger partial charge in [0.25, 0.3) is 0 Å². The van der Waals surface area contributed by atoms with E-state index in [-0.39, 0.29) is 17.5 Å². The Labute approximate surface area is 97.3 Å². The van der Waals surface area contributed by atoms with Crippen LogP contribution in [0.3, 0.4) is 0 Å². The highest BCUT2D eigenvalue weighted by atomic mass is 19.1. The first-order chi connectivity index (χ1) is 8.04. The maximum atomic E-state index is 13.5. The number of aliphatic carboxylic acids is 1. The molecule has 0 spiro atoms. The molecular formula is C12H11FO4. The highest BCUT2D eigenvalue weighted by molar-refractivity contribution is 5.89. The van der Waals surface area contributed by atoms with Crippen molar-refractivity contribution >= 4 is 18.0 Å². The van der Waals surface area contributed by atoms with Gasteiger partial charge in [-0.05, 0) is 12.1 Å². The Hall–Kier alpha value is -2.17. The molecule has 0 aromatic heterocycles. The lowest BCUT2D eigenvalue weighted by Crippen LogP contribution is -2.01. The van der Waals surface area contributed by atoms with Crippen LogP contribution in [0.15, 0.2) is 24.3 Å². The zero-order valence-electron chi connectivity index (χ0n) is 9.14. The van der Waals surface area contributed by atoms with Crippen molar-refractivity contribution < 1.29 is 23.8 Å². The number of rotatable bonds is 4. The van der Waals surface area contributed by atoms with E-state index in [2.05, 4.69) is 4.74 Å². The summed E-state index contributed by atoms with van der Waals surface area (Å²) < 4.78 is 17.9. The molecule has 0 bridgehead atoms. The summed E-state index contributed by atoms with van der Waals surface area (Å²) in [6, 6.07) is 3.85. The predicted octanol–water partition coefficient (Wildman–Crippen LogP) is 2.10. The smallest absolute Gasteiger partial charge is 0.337 e. The number of carboxylic acids is 1. The average Bonchev–Trinajstić information content (AvgIpc) is 2.29. The topological polar surface area (TPSA) is 63.6 Å². The van der Waals surface area contributed by atoms with Gasteiger partial charge in [-0.2, -0.15) is 0 Å². The number of methoxy groups -OCH3 is 1. The van der Waals surface area contributed by atoms with Crippen molar-refractivity contribution in [3.8, 4) is 0 Å². The number of carbonyl (C=O) groups is 2. The Kier molecular flexibility index (Phi) is 4.39. The van der Waals surface area contributed by atoms with Crippen LogP contribution in [0, 0.1) is 5.82 Å². The first-order valence-electron chi connectivity index (χ1n) is 4.81. The van der Waals surface area contributed by atoms with Gasteiger partial charge in [0.1, 0.15) is 5.82 Å². The van der Waals surface area contributed by atoms with Gasteiger partial charge in [0.05, 0.1) is 19.1 Å². The molecule has 17 heavy (non-hydrogen) atoms. The minimum absolute atomic E-state index is 0.111. The minimum atomic E-state index is -0.993. The van der Waals surface area contributed by atoms with E-state index in [1.165, 1.54) is 31.4 Å². The van der Waals surface area contributed by atoms with Crippen molar-refractivity contribution in [2.45, 2.75) is 6.42 Å². The molecule has 0 aliphatic carbocycles. The first-order valence-corrected chi connectivity index (χ1v) is 4.81. The highest BCUT2D eigenvalue weighted by Crippen LogP contribution is 2.13. The van der Waals surface area contributed by atoms with Crippen molar-refractivity contribution in [3.63, 3.8) is 0 Å². The molecule has 1 rings (SSSR count). The summed E-state index contributed by atoms with van der Waals surface area (Å²) in [5.41, 5.74) is 0.333. The lowest BCUT2D eigenvalue weighted by molar-refractivity contribution is -0.135. The molecule has 5 heteroatoms. The molecule has 0 aliphatic heterocycles. The van der Waals surface area contributed by atoms with Gasteiger partial charge in [0.2, 0.25) is 0 Å². The van der Waals surface area contributed by atoms with Crippen LogP contribution in [-0.4, -0.2) is 24.2 Å². The Morgan fingerprint density at radius 1 is 1.47 bits per heavy atom. The lowest BCUT2D eigenvalue weighted by Gasteiger charge is -2.01. The van der Waals surface area contributed by atoms with Gasteiger partial charge < -0.3 is 9.84 Å². The minimum Gasteiger partial charge on any atom is -0.481 e. The molecule has 4 nitrogen and oxygen atoms in total. The molecule has 0 heterocycles. The van der Waals surface area contributed by atoms with Crippen molar-refractivity contribution in [3.05, 3.63) is 41.2 Å². The fraction of sp³-hybridized carbons (Fsp3) is 0.167. The van der Waals surface area contributed by atoms with Crippen LogP contribution in [-0.2, 0) is 9.53 Å². The van der Waals surface area contributed by atoms with E-state index < -0.39 is 17.8 Å². The van der Waals surface area contributed by atoms with E-state index >= 15 is 0 Å². The highest BCUT2D eigenvalue weighted by Gasteiger charge is 2.08. The molecule has 0 saturated heterocycles. The third-order valence-electron chi connectivity index (χ3n) is 2.01. The number of esters is 1. The van der Waals surface area contributed by atoms with Gasteiger partial charge in [0, 0.05) is 5.56 Å². The van der Waals surface area contributed by atoms with Crippen LogP contribution < -0.4 is 0 Å². The summed E-state index contributed by atoms with van der Waals surface area (Å²) in [7, 11) is 1.21. The van der Waals surface area contributed by atoms with Crippen molar-refractivity contribution in [2.24, 2.45) is 0 Å². The molecule has 0 saturated carbocycles. The summed E-state index contributed by atoms with van der Waals surface area (Å²) >= 11 is 0. The number of benzene rings is 1. The molecule has 1 aromatic rings. The predicted molar refractivity (Wildman–Crippen MR) is 59.0 cm³/mol. The van der Waals surface area contributed by atoms with Crippen molar-refractivity contribution in [1.82, 2.24) is 0 Å². The summed E-state index contributed by atoms with van der Waals surface area (Å²) in [4.78, 5) is 21.3. The molecular weight excluding hydrogens is 227 g/mol. The molecule has 0 atom stereocenters. The van der Waals surface area contributed by atoms with E-state index in [1.807, 2.05) is 0 Å². The molecule has 0 amide bonds. The number of ether oxygens (including phenoxy) is 1. The first kappa shape index (κ1) is 12.9. The largest absolute Gasteiger partial charge is 0.481 e. The fourth-order valence-electron chi connectivity index (χ4n) is 1.19. The van der Waals surface area contributed by atoms with Crippen LogP contribution in [0.2, 0.25) is 0 Å². The normalized spacial score (nSPS) is 10.5. The number of carbonyl (C=O) groups excluding carboxylic acids is 1. The van der Waals surface area contributed by atoms with Gasteiger partial charge >= 0.3 is 11.9 Å². The number of halogens is 1. The average molecular weight is 238 g/mol. The molecule has 1 aromatic carbocycles. The summed E-state index contributed by atoms with van der Waals surface area (Å²) in [5.74, 6) is -2.22. The second-order valence-electron chi connectivity index (χ2n) is 3.23. The standard InChI is InChI=1S/C12H11FO4/c1-17-12(16)9-6-5-8(10(13)7-9)3-2-4-11(14)15/h2-3,5-7H,4H2,1H3,(H,14,15). The Bertz CT molecular complexity index is 466. The van der Waals surface area contributed by atoms with E-state index in [0.29, 0.717) is 0 Å². The molecule has 0 unspecified atom stereocenters. The summed E-state index contributed by atoms with van der Waals surface area (Å²) in [6.07, 6.45) is 2.50. The number of hydrogen-bond donors (Lipinski definition) is 1. The van der Waals surface area contributed by atoms with Crippen LogP contribution >= 0.6 is 0 Å². The van der Waals surface area contributed by atoms with Crippen LogP contribution in [0.5, 0.6) is 0 Å². The Morgan fingerprint density at radius 3 is 2.71 bits per heavy atom. The van der Waals surface area contributed by atoms with Gasteiger partial charge in [-0.25, -0.2) is 9.18 Å². The monoisotopic (exact) mass is 238 g/mol. The van der Waals surface area contributed by atoms with Crippen molar-refractivity contribution in [1.29, 1.82) is 0 Å². The number of hydrogen-bond acceptors (Lipinski definition) is 3. The Morgan fingerprint density at radius 2 is 2.18 bits per heavy atom. The third-order valence-corrected chi connectivity index (χ3v) is 2.01. The van der Waals surface area contributed by atoms with Crippen LogP contribution in [0.4, 0.5) is 4.39 Å². The molecule has 0 aliphatic rings. The lowest BCUT2D eigenvalue weighted by atomic mass is 10.1. The molecule has 1 N–H and O–H groups in total. The second-order valence-corrected chi connectivity index (χ2v) is 3.23. The zero-order chi connectivity index (χ0) is 12.8. The van der Waals surface area contributed by atoms with E-state index in [9.17, 15) is 14.0 Å². The summed E-state index contributed by atoms with van der Waals surface area (Å²) in [5, 5.41) is 8.40. The number of carboxylic acid groups (broad SMARTS) is 1. The van der Waals surface area contributed by atoms with Gasteiger partial charge in [0.15, 0.2) is 0 Å². The van der Waals surface area contributed by atoms with Gasteiger partial charge in [-0.15, -0.1) is 0 Å². The fourth-order valence-corrected chi connectivity index (χ4v) is 1.19. The molecule has 0 fully saturated rings. The quantitative estimate of drug-likeness (QED) is 0.816. The molecule has 90 valence electrons. The second kappa shape index (κ2) is 5.79. The van der Waals surface area contributed by atoms with Crippen LogP contribution in [0.25, 0.3) is 6.08 Å². The van der Waals surface area contributed by atoms with Gasteiger partial charge in [-0.1, -0.05) is 18.2 Å². The maximum Gasteiger partial charge on any atom is 0.337 e. The van der Waals surface area contributed by atoms with E-state index in [1.54, 1.807) is 0 Å². The van der Waals surface area contributed by atoms with Crippen molar-refractivity contribution in [2.75, 3.05) is 7.11 Å². The zero-order valence-corrected chi connectivity index (χ0v) is 9.14. The Balaban J connectivity index is 2.86.